The molecule has 0 saturated carbocycles. The molecule has 19 heavy (non-hydrogen) atoms. The highest BCUT2D eigenvalue weighted by Gasteiger charge is 2.22. The molecule has 0 aliphatic heterocycles. The van der Waals surface area contributed by atoms with Crippen LogP contribution < -0.4 is 4.74 Å². The van der Waals surface area contributed by atoms with E-state index in [2.05, 4.69) is 13.8 Å². The summed E-state index contributed by atoms with van der Waals surface area (Å²) >= 11 is 12.3. The number of ether oxygens (including phenoxy) is 1. The van der Waals surface area contributed by atoms with E-state index in [1.165, 1.54) is 0 Å². The predicted octanol–water partition coefficient (Wildman–Crippen LogP) is 5.25. The van der Waals surface area contributed by atoms with Gasteiger partial charge in [-0.2, -0.15) is 0 Å². The molecule has 0 aromatic heterocycles. The highest BCUT2D eigenvalue weighted by molar-refractivity contribution is 6.34. The van der Waals surface area contributed by atoms with Crippen molar-refractivity contribution in [2.75, 3.05) is 7.11 Å². The molecule has 0 saturated heterocycles. The number of hydrogen-bond acceptors (Lipinski definition) is 2. The number of aliphatic hydroxyl groups excluding tert-OH is 1. The van der Waals surface area contributed by atoms with Gasteiger partial charge in [-0.1, -0.05) is 56.3 Å². The van der Waals surface area contributed by atoms with Crippen LogP contribution >= 0.6 is 23.2 Å². The average molecular weight is 305 g/mol. The first-order chi connectivity index (χ1) is 9.04. The second-order valence-corrected chi connectivity index (χ2v) is 5.58. The van der Waals surface area contributed by atoms with Gasteiger partial charge in [0.1, 0.15) is 5.75 Å². The number of benzene rings is 1. The van der Waals surface area contributed by atoms with Gasteiger partial charge in [-0.3, -0.25) is 0 Å². The lowest BCUT2D eigenvalue weighted by Crippen LogP contribution is -2.12. The molecule has 1 aromatic rings. The first-order valence-electron chi connectivity index (χ1n) is 6.76. The monoisotopic (exact) mass is 304 g/mol. The maximum atomic E-state index is 10.5. The fourth-order valence-electron chi connectivity index (χ4n) is 2.23. The minimum absolute atomic E-state index is 0.210. The lowest BCUT2D eigenvalue weighted by molar-refractivity contribution is 0.0990. The Hall–Kier alpha value is -0.440. The Kier molecular flexibility index (Phi) is 6.98. The Balaban J connectivity index is 2.97. The first-order valence-corrected chi connectivity index (χ1v) is 7.51. The Morgan fingerprint density at radius 1 is 1.21 bits per heavy atom. The van der Waals surface area contributed by atoms with Crippen LogP contribution in [0.25, 0.3) is 0 Å². The van der Waals surface area contributed by atoms with Gasteiger partial charge in [0.25, 0.3) is 0 Å². The van der Waals surface area contributed by atoms with E-state index >= 15 is 0 Å². The van der Waals surface area contributed by atoms with Crippen molar-refractivity contribution in [1.29, 1.82) is 0 Å². The zero-order chi connectivity index (χ0) is 14.4. The van der Waals surface area contributed by atoms with Gasteiger partial charge < -0.3 is 9.84 Å². The third-order valence-corrected chi connectivity index (χ3v) is 4.11. The molecule has 108 valence electrons. The molecule has 2 atom stereocenters. The average Bonchev–Trinajstić information content (AvgIpc) is 2.41. The number of unbranched alkanes of at least 4 members (excludes halogenated alkanes) is 1. The molecule has 2 unspecified atom stereocenters. The molecular formula is C15H22Cl2O2. The number of aliphatic hydroxyl groups is 1. The molecule has 0 aliphatic carbocycles. The maximum Gasteiger partial charge on any atom is 0.138 e. The van der Waals surface area contributed by atoms with Crippen molar-refractivity contribution in [2.24, 2.45) is 5.92 Å². The lowest BCUT2D eigenvalue weighted by Gasteiger charge is -2.23. The SMILES string of the molecule is CCCCC(CC)C(O)c1cc(Cl)c(OC)cc1Cl. The summed E-state index contributed by atoms with van der Waals surface area (Å²) < 4.78 is 5.11. The third-order valence-electron chi connectivity index (χ3n) is 3.49. The first kappa shape index (κ1) is 16.6. The van der Waals surface area contributed by atoms with E-state index in [1.54, 1.807) is 19.2 Å². The van der Waals surface area contributed by atoms with Crippen molar-refractivity contribution >= 4 is 23.2 Å². The number of methoxy groups -OCH3 is 1. The van der Waals surface area contributed by atoms with Crippen LogP contribution in [0.1, 0.15) is 51.2 Å². The van der Waals surface area contributed by atoms with Crippen molar-refractivity contribution < 1.29 is 9.84 Å². The van der Waals surface area contributed by atoms with E-state index in [4.69, 9.17) is 27.9 Å². The lowest BCUT2D eigenvalue weighted by atomic mass is 9.89. The summed E-state index contributed by atoms with van der Waals surface area (Å²) in [5.41, 5.74) is 0.690. The Morgan fingerprint density at radius 2 is 1.89 bits per heavy atom. The van der Waals surface area contributed by atoms with E-state index in [1.807, 2.05) is 0 Å². The molecule has 0 fully saturated rings. The molecule has 0 heterocycles. The van der Waals surface area contributed by atoms with Crippen LogP contribution in [0.5, 0.6) is 5.75 Å². The van der Waals surface area contributed by atoms with Crippen LogP contribution in [0.4, 0.5) is 0 Å². The summed E-state index contributed by atoms with van der Waals surface area (Å²) in [6, 6.07) is 3.37. The molecular weight excluding hydrogens is 283 g/mol. The summed E-state index contributed by atoms with van der Waals surface area (Å²) in [5, 5.41) is 11.5. The summed E-state index contributed by atoms with van der Waals surface area (Å²) in [5.74, 6) is 0.742. The summed E-state index contributed by atoms with van der Waals surface area (Å²) in [7, 11) is 1.55. The molecule has 4 heteroatoms. The molecule has 1 aromatic carbocycles. The summed E-state index contributed by atoms with van der Waals surface area (Å²) in [6.07, 6.45) is 3.57. The van der Waals surface area contributed by atoms with Crippen LogP contribution in [-0.2, 0) is 0 Å². The van der Waals surface area contributed by atoms with Gasteiger partial charge in [0.2, 0.25) is 0 Å². The van der Waals surface area contributed by atoms with E-state index in [9.17, 15) is 5.11 Å². The van der Waals surface area contributed by atoms with E-state index < -0.39 is 6.10 Å². The predicted molar refractivity (Wildman–Crippen MR) is 81.3 cm³/mol. The third kappa shape index (κ3) is 4.27. The zero-order valence-electron chi connectivity index (χ0n) is 11.7. The normalized spacial score (nSPS) is 14.2. The molecule has 0 amide bonds. The van der Waals surface area contributed by atoms with Crippen molar-refractivity contribution in [3.8, 4) is 5.75 Å². The Morgan fingerprint density at radius 3 is 2.42 bits per heavy atom. The maximum absolute atomic E-state index is 10.5. The fraction of sp³-hybridized carbons (Fsp3) is 0.600. The Bertz CT molecular complexity index is 407. The number of hydrogen-bond donors (Lipinski definition) is 1. The fourth-order valence-corrected chi connectivity index (χ4v) is 2.75. The smallest absolute Gasteiger partial charge is 0.138 e. The summed E-state index contributed by atoms with van der Waals surface area (Å²) in [6.45, 7) is 4.24. The molecule has 0 aliphatic rings. The van der Waals surface area contributed by atoms with Gasteiger partial charge in [0, 0.05) is 11.6 Å². The van der Waals surface area contributed by atoms with Crippen LogP contribution in [0.3, 0.4) is 0 Å². The minimum Gasteiger partial charge on any atom is -0.495 e. The quantitative estimate of drug-likeness (QED) is 0.745. The molecule has 1 rings (SSSR count). The van der Waals surface area contributed by atoms with Gasteiger partial charge >= 0.3 is 0 Å². The van der Waals surface area contributed by atoms with Crippen LogP contribution in [0.15, 0.2) is 12.1 Å². The van der Waals surface area contributed by atoms with Gasteiger partial charge in [-0.25, -0.2) is 0 Å². The van der Waals surface area contributed by atoms with Crippen molar-refractivity contribution in [3.63, 3.8) is 0 Å². The van der Waals surface area contributed by atoms with Crippen molar-refractivity contribution in [2.45, 2.75) is 45.6 Å². The van der Waals surface area contributed by atoms with E-state index in [0.717, 1.165) is 25.7 Å². The molecule has 1 N–H and O–H groups in total. The van der Waals surface area contributed by atoms with E-state index in [0.29, 0.717) is 21.4 Å². The second kappa shape index (κ2) is 7.98. The van der Waals surface area contributed by atoms with Crippen molar-refractivity contribution in [3.05, 3.63) is 27.7 Å². The van der Waals surface area contributed by atoms with Crippen molar-refractivity contribution in [1.82, 2.24) is 0 Å². The van der Waals surface area contributed by atoms with Crippen LogP contribution in [0.2, 0.25) is 10.0 Å². The van der Waals surface area contributed by atoms with Crippen LogP contribution in [-0.4, -0.2) is 12.2 Å². The van der Waals surface area contributed by atoms with Gasteiger partial charge in [0.15, 0.2) is 0 Å². The standard InChI is InChI=1S/C15H22Cl2O2/c1-4-6-7-10(5-2)15(18)11-8-13(17)14(19-3)9-12(11)16/h8-10,15,18H,4-7H2,1-3H3. The minimum atomic E-state index is -0.576. The molecule has 0 bridgehead atoms. The topological polar surface area (TPSA) is 29.5 Å². The second-order valence-electron chi connectivity index (χ2n) is 4.76. The van der Waals surface area contributed by atoms with Gasteiger partial charge in [-0.15, -0.1) is 0 Å². The highest BCUT2D eigenvalue weighted by atomic mass is 35.5. The van der Waals surface area contributed by atoms with Gasteiger partial charge in [0.05, 0.1) is 23.3 Å². The molecule has 0 spiro atoms. The van der Waals surface area contributed by atoms with Crippen LogP contribution in [0, 0.1) is 5.92 Å². The largest absolute Gasteiger partial charge is 0.495 e. The molecule has 2 nitrogen and oxygen atoms in total. The number of rotatable bonds is 7. The molecule has 0 radical (unpaired) electrons. The van der Waals surface area contributed by atoms with E-state index in [-0.39, 0.29) is 5.92 Å². The van der Waals surface area contributed by atoms with Gasteiger partial charge in [-0.05, 0) is 18.4 Å². The highest BCUT2D eigenvalue weighted by Crippen LogP contribution is 2.38. The number of halogens is 2. The summed E-state index contributed by atoms with van der Waals surface area (Å²) in [4.78, 5) is 0. The Labute approximate surface area is 125 Å². The zero-order valence-corrected chi connectivity index (χ0v) is 13.3.